The van der Waals surface area contributed by atoms with E-state index in [-0.39, 0.29) is 5.02 Å². The van der Waals surface area contributed by atoms with Crippen LogP contribution >= 0.6 is 11.6 Å². The van der Waals surface area contributed by atoms with Gasteiger partial charge in [0, 0.05) is 6.07 Å². The summed E-state index contributed by atoms with van der Waals surface area (Å²) in [7, 11) is 0. The third-order valence-corrected chi connectivity index (χ3v) is 1.82. The summed E-state index contributed by atoms with van der Waals surface area (Å²) in [4.78, 5) is 19.1. The molecule has 0 N–H and O–H groups in total. The highest BCUT2D eigenvalue weighted by atomic mass is 35.5. The molecular weight excluding hydrogens is 228 g/mol. The second-order valence-corrected chi connectivity index (χ2v) is 2.82. The molecule has 0 radical (unpaired) electrons. The Morgan fingerprint density at radius 2 is 1.87 bits per heavy atom. The molecule has 1 aromatic rings. The SMILES string of the molecule is [N-]=Nc1c(Cl)cc([N+](=O)[O-])cc1[N+](=O)[O-]. The van der Waals surface area contributed by atoms with Gasteiger partial charge < -0.3 is 10.6 Å². The Hall–Kier alpha value is -2.09. The van der Waals surface area contributed by atoms with Gasteiger partial charge in [-0.05, 0) is 0 Å². The molecule has 1 aromatic carbocycles. The molecular formula is C6H2ClN4O4-. The molecule has 0 aromatic heterocycles. The van der Waals surface area contributed by atoms with Crippen molar-refractivity contribution in [3.63, 3.8) is 0 Å². The van der Waals surface area contributed by atoms with E-state index in [1.165, 1.54) is 0 Å². The van der Waals surface area contributed by atoms with Crippen LogP contribution in [0.1, 0.15) is 0 Å². The van der Waals surface area contributed by atoms with Crippen molar-refractivity contribution < 1.29 is 9.85 Å². The number of nitro groups is 2. The van der Waals surface area contributed by atoms with Gasteiger partial charge in [-0.3, -0.25) is 20.2 Å². The Bertz CT molecular complexity index is 461. The van der Waals surface area contributed by atoms with Gasteiger partial charge in [0.25, 0.3) is 5.69 Å². The lowest BCUT2D eigenvalue weighted by Crippen LogP contribution is -1.93. The van der Waals surface area contributed by atoms with Crippen molar-refractivity contribution in [2.45, 2.75) is 0 Å². The summed E-state index contributed by atoms with van der Waals surface area (Å²) in [5.41, 5.74) is 6.67. The van der Waals surface area contributed by atoms with Gasteiger partial charge in [-0.15, -0.1) is 0 Å². The molecule has 0 aliphatic carbocycles. The highest BCUT2D eigenvalue weighted by molar-refractivity contribution is 6.33. The quantitative estimate of drug-likeness (QED) is 0.449. The predicted molar refractivity (Wildman–Crippen MR) is 50.2 cm³/mol. The zero-order valence-electron chi connectivity index (χ0n) is 6.95. The van der Waals surface area contributed by atoms with Gasteiger partial charge in [0.1, 0.15) is 5.69 Å². The molecule has 0 spiro atoms. The summed E-state index contributed by atoms with van der Waals surface area (Å²) in [5, 5.41) is 23.1. The molecule has 0 unspecified atom stereocenters. The van der Waals surface area contributed by atoms with Crippen LogP contribution in [-0.4, -0.2) is 9.85 Å². The highest BCUT2D eigenvalue weighted by Gasteiger charge is 2.21. The fourth-order valence-electron chi connectivity index (χ4n) is 0.914. The summed E-state index contributed by atoms with van der Waals surface area (Å²) in [5.74, 6) is 0. The molecule has 1 rings (SSSR count). The molecule has 0 saturated heterocycles. The van der Waals surface area contributed by atoms with Crippen LogP contribution in [0.4, 0.5) is 17.1 Å². The molecule has 0 fully saturated rings. The van der Waals surface area contributed by atoms with Gasteiger partial charge in [0.2, 0.25) is 0 Å². The highest BCUT2D eigenvalue weighted by Crippen LogP contribution is 2.38. The maximum atomic E-state index is 10.5. The van der Waals surface area contributed by atoms with E-state index in [1.807, 2.05) is 0 Å². The second-order valence-electron chi connectivity index (χ2n) is 2.41. The molecule has 0 amide bonds. The lowest BCUT2D eigenvalue weighted by molar-refractivity contribution is -0.393. The first-order chi connectivity index (χ1) is 6.97. The van der Waals surface area contributed by atoms with E-state index < -0.39 is 26.9 Å². The van der Waals surface area contributed by atoms with Crippen LogP contribution in [0.15, 0.2) is 17.2 Å². The van der Waals surface area contributed by atoms with E-state index in [1.54, 1.807) is 0 Å². The van der Waals surface area contributed by atoms with Crippen LogP contribution in [0.25, 0.3) is 5.53 Å². The fourth-order valence-corrected chi connectivity index (χ4v) is 1.16. The minimum atomic E-state index is -0.923. The van der Waals surface area contributed by atoms with Crippen LogP contribution in [0.3, 0.4) is 0 Å². The molecule has 0 bridgehead atoms. The van der Waals surface area contributed by atoms with Crippen molar-refractivity contribution in [1.82, 2.24) is 0 Å². The normalized spacial score (nSPS) is 9.67. The van der Waals surface area contributed by atoms with Crippen LogP contribution in [0.2, 0.25) is 5.02 Å². The van der Waals surface area contributed by atoms with Crippen molar-refractivity contribution in [3.8, 4) is 0 Å². The number of nitro benzene ring substituents is 2. The summed E-state index contributed by atoms with van der Waals surface area (Å²) in [6, 6.07) is 1.53. The van der Waals surface area contributed by atoms with Gasteiger partial charge in [-0.1, -0.05) is 11.6 Å². The smallest absolute Gasteiger partial charge is 0.301 e. The Morgan fingerprint density at radius 1 is 1.27 bits per heavy atom. The molecule has 0 heterocycles. The van der Waals surface area contributed by atoms with Gasteiger partial charge in [0.05, 0.1) is 20.9 Å². The Balaban J connectivity index is 3.52. The first-order valence-electron chi connectivity index (χ1n) is 3.44. The molecule has 0 aliphatic rings. The maximum absolute atomic E-state index is 10.5. The minimum Gasteiger partial charge on any atom is -0.706 e. The van der Waals surface area contributed by atoms with Crippen molar-refractivity contribution in [3.05, 3.63) is 42.9 Å². The van der Waals surface area contributed by atoms with E-state index in [2.05, 4.69) is 5.11 Å². The monoisotopic (exact) mass is 229 g/mol. The molecule has 0 saturated carbocycles. The van der Waals surface area contributed by atoms with E-state index in [0.717, 1.165) is 6.07 Å². The molecule has 9 heteroatoms. The largest absolute Gasteiger partial charge is 0.706 e. The molecule has 8 nitrogen and oxygen atoms in total. The fraction of sp³-hybridized carbons (Fsp3) is 0. The van der Waals surface area contributed by atoms with Crippen molar-refractivity contribution in [1.29, 1.82) is 0 Å². The third kappa shape index (κ3) is 2.05. The number of rotatable bonds is 3. The topological polar surface area (TPSA) is 121 Å². The van der Waals surface area contributed by atoms with Crippen LogP contribution < -0.4 is 0 Å². The molecule has 15 heavy (non-hydrogen) atoms. The van der Waals surface area contributed by atoms with Crippen molar-refractivity contribution >= 4 is 28.7 Å². The number of non-ortho nitro benzene ring substituents is 1. The number of benzene rings is 1. The number of nitrogens with zero attached hydrogens (tertiary/aromatic N) is 4. The van der Waals surface area contributed by atoms with Gasteiger partial charge in [-0.2, -0.15) is 0 Å². The van der Waals surface area contributed by atoms with Crippen LogP contribution in [0.5, 0.6) is 0 Å². The standard InChI is InChI=1S/C6H2ClN4O4/c7-4-1-3(10(12)13)2-5(11(14)15)6(4)9-8/h1-2H/q-1. The number of hydrogen-bond donors (Lipinski definition) is 0. The summed E-state index contributed by atoms with van der Waals surface area (Å²) < 4.78 is 0. The van der Waals surface area contributed by atoms with Crippen molar-refractivity contribution in [2.75, 3.05) is 0 Å². The lowest BCUT2D eigenvalue weighted by Gasteiger charge is -2.02. The van der Waals surface area contributed by atoms with E-state index in [0.29, 0.717) is 6.07 Å². The van der Waals surface area contributed by atoms with E-state index in [4.69, 9.17) is 17.1 Å². The van der Waals surface area contributed by atoms with Crippen molar-refractivity contribution in [2.24, 2.45) is 5.11 Å². The Labute approximate surface area is 87.3 Å². The van der Waals surface area contributed by atoms with Crippen LogP contribution in [-0.2, 0) is 0 Å². The average molecular weight is 230 g/mol. The van der Waals surface area contributed by atoms with E-state index in [9.17, 15) is 20.2 Å². The predicted octanol–water partition coefficient (Wildman–Crippen LogP) is 2.81. The summed E-state index contributed by atoms with van der Waals surface area (Å²) >= 11 is 5.46. The third-order valence-electron chi connectivity index (χ3n) is 1.54. The van der Waals surface area contributed by atoms with Gasteiger partial charge in [-0.25, -0.2) is 0 Å². The first kappa shape index (κ1) is 11.0. The Morgan fingerprint density at radius 3 is 2.27 bits per heavy atom. The maximum Gasteiger partial charge on any atom is 0.301 e. The summed E-state index contributed by atoms with van der Waals surface area (Å²) in [6.45, 7) is 0. The second kappa shape index (κ2) is 3.96. The minimum absolute atomic E-state index is 0.363. The molecule has 0 atom stereocenters. The first-order valence-corrected chi connectivity index (χ1v) is 3.82. The van der Waals surface area contributed by atoms with Gasteiger partial charge >= 0.3 is 5.69 Å². The lowest BCUT2D eigenvalue weighted by atomic mass is 10.2. The summed E-state index contributed by atoms with van der Waals surface area (Å²) in [6.07, 6.45) is 0. The molecule has 78 valence electrons. The van der Waals surface area contributed by atoms with E-state index >= 15 is 0 Å². The number of hydrogen-bond acceptors (Lipinski definition) is 5. The number of halogens is 1. The zero-order valence-corrected chi connectivity index (χ0v) is 7.71. The zero-order chi connectivity index (χ0) is 11.6. The average Bonchev–Trinajstić information content (AvgIpc) is 2.16. The van der Waals surface area contributed by atoms with Gasteiger partial charge in [0.15, 0.2) is 0 Å². The Kier molecular flexibility index (Phi) is 2.90. The molecule has 0 aliphatic heterocycles. The van der Waals surface area contributed by atoms with Crippen LogP contribution in [0, 0.1) is 20.2 Å².